The number of hydrogen-bond donors (Lipinski definition) is 0. The predicted octanol–water partition coefficient (Wildman–Crippen LogP) is 3.27. The van der Waals surface area contributed by atoms with Gasteiger partial charge in [0.25, 0.3) is 0 Å². The van der Waals surface area contributed by atoms with Crippen LogP contribution in [0.3, 0.4) is 0 Å². The minimum absolute atomic E-state index is 0.460. The fourth-order valence-corrected chi connectivity index (χ4v) is 2.04. The Morgan fingerprint density at radius 1 is 1.21 bits per heavy atom. The van der Waals surface area contributed by atoms with Gasteiger partial charge in [-0.1, -0.05) is 17.3 Å². The van der Waals surface area contributed by atoms with Crippen LogP contribution < -0.4 is 0 Å². The molecule has 5 heteroatoms. The highest BCUT2D eigenvalue weighted by Crippen LogP contribution is 2.13. The van der Waals surface area contributed by atoms with Crippen LogP contribution in [0, 0.1) is 3.57 Å². The molecular weight excluding hydrogens is 355 g/mol. The maximum atomic E-state index is 11.9. The number of halogens is 1. The van der Waals surface area contributed by atoms with Gasteiger partial charge in [-0.2, -0.15) is 0 Å². The lowest BCUT2D eigenvalue weighted by Crippen LogP contribution is -2.05. The number of benzene rings is 1. The van der Waals surface area contributed by atoms with Crippen molar-refractivity contribution in [1.29, 1.82) is 0 Å². The van der Waals surface area contributed by atoms with E-state index in [1.54, 1.807) is 43.6 Å². The zero-order chi connectivity index (χ0) is 13.7. The molecule has 0 aliphatic heterocycles. The maximum absolute atomic E-state index is 11.9. The van der Waals surface area contributed by atoms with Crippen LogP contribution in [0.1, 0.15) is 22.8 Å². The average Bonchev–Trinajstić information content (AvgIpc) is 2.46. The van der Waals surface area contributed by atoms with Crippen molar-refractivity contribution in [3.05, 3.63) is 63.5 Å². The monoisotopic (exact) mass is 366 g/mol. The summed E-state index contributed by atoms with van der Waals surface area (Å²) >= 11 is 2.09. The van der Waals surface area contributed by atoms with Gasteiger partial charge in [-0.05, 0) is 53.8 Å². The number of pyridine rings is 1. The lowest BCUT2D eigenvalue weighted by atomic mass is 10.2. The quantitative estimate of drug-likeness (QED) is 0.363. The number of aromatic nitrogens is 1. The topological polar surface area (TPSA) is 51.5 Å². The van der Waals surface area contributed by atoms with Crippen LogP contribution in [-0.4, -0.2) is 16.7 Å². The standard InChI is InChI=1S/C14H11IN2O2/c1-10(11-6-8-16-9-7-11)17-19-14(18)12-4-2-3-5-13(12)15/h2-9H,1H3. The molecule has 0 N–H and O–H groups in total. The predicted molar refractivity (Wildman–Crippen MR) is 81.0 cm³/mol. The van der Waals surface area contributed by atoms with E-state index in [0.29, 0.717) is 11.3 Å². The van der Waals surface area contributed by atoms with Crippen molar-refractivity contribution in [2.45, 2.75) is 6.92 Å². The van der Waals surface area contributed by atoms with Gasteiger partial charge < -0.3 is 4.84 Å². The van der Waals surface area contributed by atoms with E-state index in [4.69, 9.17) is 4.84 Å². The molecule has 0 aliphatic rings. The molecule has 0 bridgehead atoms. The average molecular weight is 366 g/mol. The molecule has 1 aromatic carbocycles. The van der Waals surface area contributed by atoms with Gasteiger partial charge in [-0.15, -0.1) is 0 Å². The van der Waals surface area contributed by atoms with Gasteiger partial charge in [0, 0.05) is 21.5 Å². The van der Waals surface area contributed by atoms with E-state index >= 15 is 0 Å². The molecule has 1 aromatic heterocycles. The van der Waals surface area contributed by atoms with Crippen molar-refractivity contribution in [1.82, 2.24) is 4.98 Å². The molecule has 0 atom stereocenters. The van der Waals surface area contributed by atoms with Crippen LogP contribution in [0.4, 0.5) is 0 Å². The molecule has 4 nitrogen and oxygen atoms in total. The molecule has 0 spiro atoms. The Hall–Kier alpha value is -1.76. The van der Waals surface area contributed by atoms with Crippen LogP contribution in [0.15, 0.2) is 53.9 Å². The van der Waals surface area contributed by atoms with Gasteiger partial charge in [0.05, 0.1) is 11.3 Å². The minimum atomic E-state index is -0.460. The van der Waals surface area contributed by atoms with E-state index in [9.17, 15) is 4.79 Å². The van der Waals surface area contributed by atoms with Gasteiger partial charge >= 0.3 is 5.97 Å². The number of rotatable bonds is 3. The fraction of sp³-hybridized carbons (Fsp3) is 0.0714. The van der Waals surface area contributed by atoms with Gasteiger partial charge in [-0.3, -0.25) is 4.98 Å². The smallest absolute Gasteiger partial charge is 0.312 e. The van der Waals surface area contributed by atoms with Crippen molar-refractivity contribution in [3.63, 3.8) is 0 Å². The zero-order valence-corrected chi connectivity index (χ0v) is 12.4. The number of carbonyl (C=O) groups excluding carboxylic acids is 1. The maximum Gasteiger partial charge on any atom is 0.366 e. The molecule has 96 valence electrons. The number of oxime groups is 1. The normalized spacial score (nSPS) is 11.2. The lowest BCUT2D eigenvalue weighted by molar-refractivity contribution is 0.0515. The fourth-order valence-electron chi connectivity index (χ4n) is 1.43. The number of hydrogen-bond acceptors (Lipinski definition) is 4. The molecule has 0 unspecified atom stereocenters. The summed E-state index contributed by atoms with van der Waals surface area (Å²) in [5.41, 5.74) is 2.00. The first-order valence-corrected chi connectivity index (χ1v) is 6.67. The Bertz CT molecular complexity index is 612. The van der Waals surface area contributed by atoms with Crippen molar-refractivity contribution in [3.8, 4) is 0 Å². The molecule has 2 aromatic rings. The van der Waals surface area contributed by atoms with Crippen molar-refractivity contribution >= 4 is 34.3 Å². The second kappa shape index (κ2) is 6.42. The number of nitrogens with zero attached hydrogens (tertiary/aromatic N) is 2. The first-order chi connectivity index (χ1) is 9.18. The Morgan fingerprint density at radius 2 is 1.89 bits per heavy atom. The lowest BCUT2D eigenvalue weighted by Gasteiger charge is -2.02. The van der Waals surface area contributed by atoms with Gasteiger partial charge in [-0.25, -0.2) is 4.79 Å². The Labute approximate surface area is 124 Å². The Morgan fingerprint density at radius 3 is 2.58 bits per heavy atom. The molecule has 0 radical (unpaired) electrons. The first-order valence-electron chi connectivity index (χ1n) is 5.59. The summed E-state index contributed by atoms with van der Waals surface area (Å²) in [6.07, 6.45) is 3.33. The third kappa shape index (κ3) is 3.60. The molecule has 2 rings (SSSR count). The molecule has 0 saturated carbocycles. The third-order valence-corrected chi connectivity index (χ3v) is 3.40. The summed E-state index contributed by atoms with van der Waals surface area (Å²) in [6, 6.07) is 10.8. The van der Waals surface area contributed by atoms with Crippen LogP contribution in [0.2, 0.25) is 0 Å². The molecule has 0 amide bonds. The summed E-state index contributed by atoms with van der Waals surface area (Å²) in [6.45, 7) is 1.78. The summed E-state index contributed by atoms with van der Waals surface area (Å²) in [5.74, 6) is -0.460. The van der Waals surface area contributed by atoms with Gasteiger partial charge in [0.2, 0.25) is 0 Å². The van der Waals surface area contributed by atoms with E-state index in [1.807, 2.05) is 12.1 Å². The molecule has 0 aliphatic carbocycles. The van der Waals surface area contributed by atoms with E-state index in [0.717, 1.165) is 9.13 Å². The molecule has 1 heterocycles. The molecular formula is C14H11IN2O2. The second-order valence-electron chi connectivity index (χ2n) is 3.77. The van der Waals surface area contributed by atoms with Crippen LogP contribution in [0.5, 0.6) is 0 Å². The van der Waals surface area contributed by atoms with E-state index in [2.05, 4.69) is 32.7 Å². The Kier molecular flexibility index (Phi) is 4.62. The summed E-state index contributed by atoms with van der Waals surface area (Å²) in [7, 11) is 0. The largest absolute Gasteiger partial charge is 0.366 e. The van der Waals surface area contributed by atoms with Gasteiger partial charge in [0.1, 0.15) is 0 Å². The van der Waals surface area contributed by atoms with Crippen molar-refractivity contribution in [2.24, 2.45) is 5.16 Å². The zero-order valence-electron chi connectivity index (χ0n) is 10.2. The van der Waals surface area contributed by atoms with Crippen LogP contribution in [-0.2, 0) is 4.84 Å². The second-order valence-corrected chi connectivity index (χ2v) is 4.93. The third-order valence-electron chi connectivity index (χ3n) is 2.46. The minimum Gasteiger partial charge on any atom is -0.312 e. The molecule has 0 fully saturated rings. The van der Waals surface area contributed by atoms with E-state index in [1.165, 1.54) is 0 Å². The summed E-state index contributed by atoms with van der Waals surface area (Å²) in [5, 5.41) is 3.85. The first kappa shape index (κ1) is 13.7. The highest BCUT2D eigenvalue weighted by Gasteiger charge is 2.10. The number of carbonyl (C=O) groups is 1. The van der Waals surface area contributed by atoms with E-state index < -0.39 is 5.97 Å². The van der Waals surface area contributed by atoms with Crippen LogP contribution in [0.25, 0.3) is 0 Å². The highest BCUT2D eigenvalue weighted by atomic mass is 127. The van der Waals surface area contributed by atoms with Crippen molar-refractivity contribution in [2.75, 3.05) is 0 Å². The Balaban J connectivity index is 2.11. The molecule has 19 heavy (non-hydrogen) atoms. The van der Waals surface area contributed by atoms with E-state index in [-0.39, 0.29) is 0 Å². The molecule has 0 saturated heterocycles. The SMILES string of the molecule is CC(=NOC(=O)c1ccccc1I)c1ccncc1. The highest BCUT2D eigenvalue weighted by molar-refractivity contribution is 14.1. The van der Waals surface area contributed by atoms with Gasteiger partial charge in [0.15, 0.2) is 0 Å². The van der Waals surface area contributed by atoms with Crippen molar-refractivity contribution < 1.29 is 9.63 Å². The summed E-state index contributed by atoms with van der Waals surface area (Å²) < 4.78 is 0.835. The summed E-state index contributed by atoms with van der Waals surface area (Å²) in [4.78, 5) is 20.7. The van der Waals surface area contributed by atoms with Crippen LogP contribution >= 0.6 is 22.6 Å².